The molecule has 2 aliphatic rings. The van der Waals surface area contributed by atoms with E-state index in [1.165, 1.54) is 0 Å². The fourth-order valence-electron chi connectivity index (χ4n) is 5.13. The van der Waals surface area contributed by atoms with E-state index in [2.05, 4.69) is 4.90 Å². The van der Waals surface area contributed by atoms with Gasteiger partial charge in [0.2, 0.25) is 5.76 Å². The van der Waals surface area contributed by atoms with Crippen LogP contribution >= 0.6 is 0 Å². The molecule has 0 saturated carbocycles. The van der Waals surface area contributed by atoms with Gasteiger partial charge in [-0.3, -0.25) is 14.5 Å². The molecule has 33 heavy (non-hydrogen) atoms. The zero-order valence-corrected chi connectivity index (χ0v) is 19.5. The zero-order valence-electron chi connectivity index (χ0n) is 19.5. The Balaban J connectivity index is 1.56. The Morgan fingerprint density at radius 3 is 2.39 bits per heavy atom. The molecule has 0 bridgehead atoms. The molecule has 1 saturated heterocycles. The van der Waals surface area contributed by atoms with Crippen molar-refractivity contribution in [3.63, 3.8) is 0 Å². The number of fused-ring (bicyclic) bond motifs is 2. The molecule has 2 aliphatic heterocycles. The smallest absolute Gasteiger partial charge is 0.290 e. The summed E-state index contributed by atoms with van der Waals surface area (Å²) in [7, 11) is 0. The summed E-state index contributed by atoms with van der Waals surface area (Å²) in [6.07, 6.45) is 0.827. The number of ether oxygens (including phenoxy) is 1. The van der Waals surface area contributed by atoms with Gasteiger partial charge in [-0.2, -0.15) is 0 Å². The summed E-state index contributed by atoms with van der Waals surface area (Å²) < 4.78 is 11.6. The average Bonchev–Trinajstić information content (AvgIpc) is 3.07. The lowest BCUT2D eigenvalue weighted by Gasteiger charge is -2.29. The normalized spacial score (nSPS) is 18.8. The number of nitrogens with zero attached hydrogens (tertiary/aromatic N) is 2. The molecule has 3 aromatic rings. The zero-order chi connectivity index (χ0) is 23.1. The van der Waals surface area contributed by atoms with E-state index in [1.54, 1.807) is 0 Å². The standard InChI is InChI=1S/C27H30N2O4/c1-17-5-7-20(8-6-17)24-23-25(30)22-19(3)15-18(2)16-21(22)33-26(23)27(31)29(24)10-4-9-28-11-13-32-14-12-28/h5-8,15-16,24H,4,9-14H2,1-3H3. The van der Waals surface area contributed by atoms with Crippen LogP contribution in [0, 0.1) is 20.8 Å². The van der Waals surface area contributed by atoms with Crippen LogP contribution in [0.2, 0.25) is 0 Å². The van der Waals surface area contributed by atoms with E-state index >= 15 is 0 Å². The van der Waals surface area contributed by atoms with E-state index in [0.29, 0.717) is 23.1 Å². The maximum absolute atomic E-state index is 13.8. The van der Waals surface area contributed by atoms with Gasteiger partial charge >= 0.3 is 0 Å². The highest BCUT2D eigenvalue weighted by atomic mass is 16.5. The topological polar surface area (TPSA) is 63.0 Å². The molecule has 1 aromatic heterocycles. The van der Waals surface area contributed by atoms with Crippen LogP contribution in [0.15, 0.2) is 45.6 Å². The molecule has 0 N–H and O–H groups in total. The predicted octanol–water partition coefficient (Wildman–Crippen LogP) is 3.99. The van der Waals surface area contributed by atoms with Crippen molar-refractivity contribution in [1.82, 2.24) is 9.80 Å². The van der Waals surface area contributed by atoms with Crippen molar-refractivity contribution < 1.29 is 13.9 Å². The molecule has 1 atom stereocenters. The lowest BCUT2D eigenvalue weighted by atomic mass is 9.96. The Morgan fingerprint density at radius 2 is 1.67 bits per heavy atom. The fourth-order valence-corrected chi connectivity index (χ4v) is 5.13. The number of amides is 1. The Morgan fingerprint density at radius 1 is 0.939 bits per heavy atom. The van der Waals surface area contributed by atoms with E-state index in [-0.39, 0.29) is 17.1 Å². The Hall–Kier alpha value is -2.96. The maximum atomic E-state index is 13.8. The van der Waals surface area contributed by atoms with Crippen LogP contribution in [-0.2, 0) is 4.74 Å². The third kappa shape index (κ3) is 3.98. The van der Waals surface area contributed by atoms with E-state index in [4.69, 9.17) is 9.15 Å². The average molecular weight is 447 g/mol. The lowest BCUT2D eigenvalue weighted by molar-refractivity contribution is 0.0353. The van der Waals surface area contributed by atoms with Crippen LogP contribution in [0.4, 0.5) is 0 Å². The molecule has 1 fully saturated rings. The summed E-state index contributed by atoms with van der Waals surface area (Å²) in [4.78, 5) is 31.5. The van der Waals surface area contributed by atoms with Crippen molar-refractivity contribution in [1.29, 1.82) is 0 Å². The number of carbonyl (C=O) groups is 1. The first-order valence-electron chi connectivity index (χ1n) is 11.7. The van der Waals surface area contributed by atoms with Crippen LogP contribution in [0.1, 0.15) is 50.8 Å². The molecule has 172 valence electrons. The number of carbonyl (C=O) groups excluding carboxylic acids is 1. The van der Waals surface area contributed by atoms with Gasteiger partial charge in [0.1, 0.15) is 5.58 Å². The van der Waals surface area contributed by atoms with Crippen molar-refractivity contribution in [2.24, 2.45) is 0 Å². The highest BCUT2D eigenvalue weighted by Gasteiger charge is 2.42. The number of rotatable bonds is 5. The highest BCUT2D eigenvalue weighted by molar-refractivity contribution is 5.99. The van der Waals surface area contributed by atoms with Gasteiger partial charge in [-0.05, 0) is 49.9 Å². The van der Waals surface area contributed by atoms with Crippen LogP contribution in [0.3, 0.4) is 0 Å². The minimum Gasteiger partial charge on any atom is -0.450 e. The molecule has 0 radical (unpaired) electrons. The first-order valence-corrected chi connectivity index (χ1v) is 11.7. The first-order chi connectivity index (χ1) is 15.9. The molecule has 0 spiro atoms. The summed E-state index contributed by atoms with van der Waals surface area (Å²) in [5.74, 6) is -0.00911. The van der Waals surface area contributed by atoms with Crippen molar-refractivity contribution in [2.75, 3.05) is 39.4 Å². The Labute approximate surface area is 193 Å². The molecule has 1 amide bonds. The van der Waals surface area contributed by atoms with Gasteiger partial charge in [0, 0.05) is 26.2 Å². The van der Waals surface area contributed by atoms with Gasteiger partial charge in [-0.1, -0.05) is 35.9 Å². The Bertz CT molecular complexity index is 1260. The van der Waals surface area contributed by atoms with Gasteiger partial charge in [0.15, 0.2) is 5.43 Å². The monoisotopic (exact) mass is 446 g/mol. The van der Waals surface area contributed by atoms with Crippen molar-refractivity contribution in [2.45, 2.75) is 33.2 Å². The van der Waals surface area contributed by atoms with Crippen LogP contribution < -0.4 is 5.43 Å². The second-order valence-electron chi connectivity index (χ2n) is 9.25. The molecule has 6 heteroatoms. The molecular weight excluding hydrogens is 416 g/mol. The van der Waals surface area contributed by atoms with Crippen LogP contribution in [0.5, 0.6) is 0 Å². The molecule has 5 rings (SSSR count). The minimum atomic E-state index is -0.431. The second kappa shape index (κ2) is 8.76. The number of benzene rings is 2. The molecule has 6 nitrogen and oxygen atoms in total. The summed E-state index contributed by atoms with van der Waals surface area (Å²) in [5.41, 5.74) is 4.82. The van der Waals surface area contributed by atoms with Gasteiger partial charge < -0.3 is 14.1 Å². The van der Waals surface area contributed by atoms with Crippen molar-refractivity contribution in [3.05, 3.63) is 80.2 Å². The molecular formula is C27H30N2O4. The van der Waals surface area contributed by atoms with Gasteiger partial charge in [-0.15, -0.1) is 0 Å². The van der Waals surface area contributed by atoms with Crippen LogP contribution in [0.25, 0.3) is 11.0 Å². The number of hydrogen-bond donors (Lipinski definition) is 0. The minimum absolute atomic E-state index is 0.0987. The summed E-state index contributed by atoms with van der Waals surface area (Å²) >= 11 is 0. The quantitative estimate of drug-likeness (QED) is 0.593. The lowest BCUT2D eigenvalue weighted by Crippen LogP contribution is -2.38. The Kier molecular flexibility index (Phi) is 5.81. The van der Waals surface area contributed by atoms with Gasteiger partial charge in [0.25, 0.3) is 5.91 Å². The van der Waals surface area contributed by atoms with E-state index in [0.717, 1.165) is 61.5 Å². The van der Waals surface area contributed by atoms with Crippen LogP contribution in [-0.4, -0.2) is 55.1 Å². The maximum Gasteiger partial charge on any atom is 0.290 e. The van der Waals surface area contributed by atoms with E-state index in [1.807, 2.05) is 62.1 Å². The third-order valence-electron chi connectivity index (χ3n) is 6.78. The van der Waals surface area contributed by atoms with Gasteiger partial charge in [-0.25, -0.2) is 0 Å². The van der Waals surface area contributed by atoms with Crippen molar-refractivity contribution in [3.8, 4) is 0 Å². The largest absolute Gasteiger partial charge is 0.450 e. The number of aryl methyl sites for hydroxylation is 3. The fraction of sp³-hybridized carbons (Fsp3) is 0.407. The van der Waals surface area contributed by atoms with E-state index < -0.39 is 6.04 Å². The van der Waals surface area contributed by atoms with E-state index in [9.17, 15) is 9.59 Å². The summed E-state index contributed by atoms with van der Waals surface area (Å²) in [6.45, 7) is 10.7. The van der Waals surface area contributed by atoms with Crippen molar-refractivity contribution >= 4 is 16.9 Å². The highest BCUT2D eigenvalue weighted by Crippen LogP contribution is 2.38. The molecule has 2 aromatic carbocycles. The number of hydrogen-bond acceptors (Lipinski definition) is 5. The summed E-state index contributed by atoms with van der Waals surface area (Å²) in [5, 5.41) is 0.569. The predicted molar refractivity (Wildman–Crippen MR) is 128 cm³/mol. The molecule has 1 unspecified atom stereocenters. The third-order valence-corrected chi connectivity index (χ3v) is 6.78. The second-order valence-corrected chi connectivity index (χ2v) is 9.25. The number of morpholine rings is 1. The first kappa shape index (κ1) is 21.9. The molecule has 0 aliphatic carbocycles. The molecule has 3 heterocycles. The summed E-state index contributed by atoms with van der Waals surface area (Å²) in [6, 6.07) is 11.5. The SMILES string of the molecule is Cc1ccc(C2c3c(oc4cc(C)cc(C)c4c3=O)C(=O)N2CCCN2CCOCC2)cc1. The van der Waals surface area contributed by atoms with Gasteiger partial charge in [0.05, 0.1) is 30.2 Å².